The minimum absolute atomic E-state index is 0.0370. The van der Waals surface area contributed by atoms with Gasteiger partial charge in [0.1, 0.15) is 5.76 Å². The normalized spacial score (nSPS) is 11.4. The number of carbonyl (C=O) groups excluding carboxylic acids is 1. The lowest BCUT2D eigenvalue weighted by Crippen LogP contribution is -2.30. The number of aromatic nitrogens is 1. The second-order valence-corrected chi connectivity index (χ2v) is 6.38. The number of nitrogens with one attached hydrogen (secondary N) is 1. The van der Waals surface area contributed by atoms with Gasteiger partial charge in [-0.25, -0.2) is 13.1 Å². The second-order valence-electron chi connectivity index (χ2n) is 3.92. The molecule has 2 rings (SSSR count). The van der Waals surface area contributed by atoms with Crippen molar-refractivity contribution in [2.45, 2.75) is 24.7 Å². The molecule has 0 aliphatic heterocycles. The van der Waals surface area contributed by atoms with Crippen molar-refractivity contribution in [3.05, 3.63) is 34.3 Å². The van der Waals surface area contributed by atoms with E-state index in [1.807, 2.05) is 4.72 Å². The molecule has 0 saturated heterocycles. The first-order valence-corrected chi connectivity index (χ1v) is 7.90. The molecule has 102 valence electrons. The highest BCUT2D eigenvalue weighted by Gasteiger charge is 2.17. The van der Waals surface area contributed by atoms with Gasteiger partial charge in [-0.2, -0.15) is 11.3 Å². The third kappa shape index (κ3) is 3.65. The van der Waals surface area contributed by atoms with E-state index in [1.165, 1.54) is 22.8 Å². The molecule has 0 spiro atoms. The number of thiophene rings is 1. The van der Waals surface area contributed by atoms with E-state index >= 15 is 0 Å². The molecule has 0 radical (unpaired) electrons. The molecule has 0 aromatic carbocycles. The zero-order chi connectivity index (χ0) is 13.9. The molecular weight excluding hydrogens is 288 g/mol. The van der Waals surface area contributed by atoms with Crippen LogP contribution in [0.1, 0.15) is 17.9 Å². The Kier molecular flexibility index (Phi) is 4.01. The highest BCUT2D eigenvalue weighted by Crippen LogP contribution is 2.13. The quantitative estimate of drug-likeness (QED) is 0.903. The van der Waals surface area contributed by atoms with Crippen molar-refractivity contribution in [2.24, 2.45) is 0 Å². The molecule has 8 heteroatoms. The summed E-state index contributed by atoms with van der Waals surface area (Å²) in [4.78, 5) is 11.7. The fourth-order valence-electron chi connectivity index (χ4n) is 1.44. The van der Waals surface area contributed by atoms with E-state index < -0.39 is 15.9 Å². The van der Waals surface area contributed by atoms with Crippen molar-refractivity contribution in [2.75, 3.05) is 0 Å². The molecule has 19 heavy (non-hydrogen) atoms. The van der Waals surface area contributed by atoms with Crippen LogP contribution in [0, 0.1) is 6.92 Å². The maximum Gasteiger partial charge on any atom is 0.264 e. The Morgan fingerprint density at radius 2 is 2.32 bits per heavy atom. The Morgan fingerprint density at radius 1 is 1.53 bits per heavy atom. The van der Waals surface area contributed by atoms with Gasteiger partial charge in [-0.1, -0.05) is 5.16 Å². The average molecular weight is 300 g/mol. The summed E-state index contributed by atoms with van der Waals surface area (Å²) >= 11 is 1.25. The molecule has 0 aliphatic carbocycles. The zero-order valence-corrected chi connectivity index (χ0v) is 11.8. The molecule has 0 unspecified atom stereocenters. The molecule has 0 bridgehead atoms. The van der Waals surface area contributed by atoms with Gasteiger partial charge in [0.05, 0.1) is 10.6 Å². The van der Waals surface area contributed by atoms with Gasteiger partial charge in [-0.15, -0.1) is 0 Å². The van der Waals surface area contributed by atoms with Crippen LogP contribution in [0.15, 0.2) is 32.3 Å². The Morgan fingerprint density at radius 3 is 2.89 bits per heavy atom. The number of sulfonamides is 1. The standard InChI is InChI=1S/C11H12N2O4S2/c1-8-6-9(12-17-8)2-3-11(14)13-19(15,16)10-4-5-18-7-10/h4-7H,2-3H2,1H3,(H,13,14). The lowest BCUT2D eigenvalue weighted by atomic mass is 10.2. The first kappa shape index (κ1) is 13.8. The minimum Gasteiger partial charge on any atom is -0.361 e. The first-order chi connectivity index (χ1) is 8.97. The summed E-state index contributed by atoms with van der Waals surface area (Å²) in [7, 11) is -3.75. The van der Waals surface area contributed by atoms with E-state index in [4.69, 9.17) is 4.52 Å². The Labute approximate surface area is 114 Å². The summed E-state index contributed by atoms with van der Waals surface area (Å²) in [6.07, 6.45) is 0.373. The van der Waals surface area contributed by atoms with Crippen LogP contribution in [0.2, 0.25) is 0 Å². The van der Waals surface area contributed by atoms with Gasteiger partial charge >= 0.3 is 0 Å². The van der Waals surface area contributed by atoms with Crippen LogP contribution in [0.3, 0.4) is 0 Å². The van der Waals surface area contributed by atoms with Gasteiger partial charge in [0.2, 0.25) is 5.91 Å². The number of nitrogens with zero attached hydrogens (tertiary/aromatic N) is 1. The van der Waals surface area contributed by atoms with Crippen LogP contribution in [0.4, 0.5) is 0 Å². The van der Waals surface area contributed by atoms with Crippen molar-refractivity contribution in [1.82, 2.24) is 9.88 Å². The Balaban J connectivity index is 1.91. The van der Waals surface area contributed by atoms with Gasteiger partial charge in [0.25, 0.3) is 10.0 Å². The van der Waals surface area contributed by atoms with Crippen molar-refractivity contribution >= 4 is 27.3 Å². The predicted octanol–water partition coefficient (Wildman–Crippen LogP) is 1.48. The number of amides is 1. The fraction of sp³-hybridized carbons (Fsp3) is 0.273. The van der Waals surface area contributed by atoms with E-state index in [2.05, 4.69) is 5.16 Å². The second kappa shape index (κ2) is 5.54. The number of aryl methyl sites for hydroxylation is 2. The molecule has 1 amide bonds. The molecule has 0 saturated carbocycles. The molecule has 6 nitrogen and oxygen atoms in total. The monoisotopic (exact) mass is 300 g/mol. The lowest BCUT2D eigenvalue weighted by Gasteiger charge is -2.04. The lowest BCUT2D eigenvalue weighted by molar-refractivity contribution is -0.119. The van der Waals surface area contributed by atoms with E-state index in [9.17, 15) is 13.2 Å². The summed E-state index contributed by atoms with van der Waals surface area (Å²) in [6.45, 7) is 1.75. The van der Waals surface area contributed by atoms with Crippen LogP contribution in [-0.2, 0) is 21.2 Å². The molecule has 0 fully saturated rings. The molecule has 2 heterocycles. The highest BCUT2D eigenvalue weighted by atomic mass is 32.2. The molecule has 1 N–H and O–H groups in total. The topological polar surface area (TPSA) is 89.3 Å². The van der Waals surface area contributed by atoms with Crippen molar-refractivity contribution < 1.29 is 17.7 Å². The number of hydrogen-bond donors (Lipinski definition) is 1. The summed E-state index contributed by atoms with van der Waals surface area (Å²) in [5, 5.41) is 6.84. The third-order valence-electron chi connectivity index (χ3n) is 2.34. The fourth-order valence-corrected chi connectivity index (χ4v) is 3.48. The molecule has 2 aromatic heterocycles. The van der Waals surface area contributed by atoms with E-state index in [1.54, 1.807) is 18.4 Å². The predicted molar refractivity (Wildman–Crippen MR) is 69.2 cm³/mol. The Bertz CT molecular complexity index is 659. The van der Waals surface area contributed by atoms with E-state index in [-0.39, 0.29) is 11.3 Å². The van der Waals surface area contributed by atoms with Crippen molar-refractivity contribution in [1.29, 1.82) is 0 Å². The molecule has 2 aromatic rings. The van der Waals surface area contributed by atoms with Crippen LogP contribution in [0.25, 0.3) is 0 Å². The maximum absolute atomic E-state index is 11.8. The highest BCUT2D eigenvalue weighted by molar-refractivity contribution is 7.90. The van der Waals surface area contributed by atoms with E-state index in [0.717, 1.165) is 0 Å². The zero-order valence-electron chi connectivity index (χ0n) is 10.1. The largest absolute Gasteiger partial charge is 0.361 e. The third-order valence-corrected chi connectivity index (χ3v) is 4.54. The summed E-state index contributed by atoms with van der Waals surface area (Å²) in [6, 6.07) is 3.15. The van der Waals surface area contributed by atoms with Crippen LogP contribution >= 0.6 is 11.3 Å². The number of rotatable bonds is 5. The smallest absolute Gasteiger partial charge is 0.264 e. The molecular formula is C11H12N2O4S2. The van der Waals surface area contributed by atoms with Gasteiger partial charge in [0, 0.05) is 24.3 Å². The Hall–Kier alpha value is -1.67. The minimum atomic E-state index is -3.75. The summed E-state index contributed by atoms with van der Waals surface area (Å²) < 4.78 is 30.4. The van der Waals surface area contributed by atoms with Gasteiger partial charge in [0.15, 0.2) is 0 Å². The number of hydrogen-bond acceptors (Lipinski definition) is 6. The van der Waals surface area contributed by atoms with Crippen LogP contribution in [-0.4, -0.2) is 19.5 Å². The average Bonchev–Trinajstić information content (AvgIpc) is 2.96. The number of carbonyl (C=O) groups is 1. The summed E-state index contributed by atoms with van der Waals surface area (Å²) in [5.41, 5.74) is 0.626. The van der Waals surface area contributed by atoms with Crippen LogP contribution in [0.5, 0.6) is 0 Å². The van der Waals surface area contributed by atoms with Gasteiger partial charge in [-0.3, -0.25) is 4.79 Å². The molecule has 0 aliphatic rings. The molecule has 0 atom stereocenters. The summed E-state index contributed by atoms with van der Waals surface area (Å²) in [5.74, 6) is 0.0909. The first-order valence-electron chi connectivity index (χ1n) is 5.47. The van der Waals surface area contributed by atoms with Gasteiger partial charge in [-0.05, 0) is 18.4 Å². The maximum atomic E-state index is 11.8. The SMILES string of the molecule is Cc1cc(CCC(=O)NS(=O)(=O)c2ccsc2)no1. The van der Waals surface area contributed by atoms with Gasteiger partial charge < -0.3 is 4.52 Å². The van der Waals surface area contributed by atoms with E-state index in [0.29, 0.717) is 17.9 Å². The van der Waals surface area contributed by atoms with Crippen LogP contribution < -0.4 is 4.72 Å². The van der Waals surface area contributed by atoms with Crippen molar-refractivity contribution in [3.63, 3.8) is 0 Å². The van der Waals surface area contributed by atoms with Crippen molar-refractivity contribution in [3.8, 4) is 0 Å².